The third-order valence-corrected chi connectivity index (χ3v) is 4.20. The van der Waals surface area contributed by atoms with Crippen molar-refractivity contribution >= 4 is 5.69 Å². The molecule has 0 aliphatic rings. The van der Waals surface area contributed by atoms with Gasteiger partial charge in [0.15, 0.2) is 0 Å². The van der Waals surface area contributed by atoms with Crippen molar-refractivity contribution in [2.45, 2.75) is 19.7 Å². The second-order valence-electron chi connectivity index (χ2n) is 6.34. The molecule has 1 N–H and O–H groups in total. The predicted molar refractivity (Wildman–Crippen MR) is 103 cm³/mol. The van der Waals surface area contributed by atoms with Gasteiger partial charge >= 0.3 is 0 Å². The number of nitro groups is 1. The Hall–Kier alpha value is -3.03. The van der Waals surface area contributed by atoms with E-state index < -0.39 is 4.92 Å². The van der Waals surface area contributed by atoms with E-state index in [4.69, 9.17) is 4.74 Å². The van der Waals surface area contributed by atoms with Crippen LogP contribution in [0.5, 0.6) is 0 Å². The van der Waals surface area contributed by atoms with E-state index in [2.05, 4.69) is 22.5 Å². The average Bonchev–Trinajstić information content (AvgIpc) is 3.03. The lowest BCUT2D eigenvalue weighted by Crippen LogP contribution is -2.13. The molecule has 3 rings (SSSR count). The predicted octanol–water partition coefficient (Wildman–Crippen LogP) is 3.43. The van der Waals surface area contributed by atoms with Crippen LogP contribution in [0.2, 0.25) is 0 Å². The smallest absolute Gasteiger partial charge is 0.269 e. The van der Waals surface area contributed by atoms with Crippen molar-refractivity contribution in [3.63, 3.8) is 0 Å². The first-order chi connectivity index (χ1) is 13.1. The Morgan fingerprint density at radius 3 is 2.59 bits per heavy atom. The van der Waals surface area contributed by atoms with E-state index in [1.807, 2.05) is 25.4 Å². The lowest BCUT2D eigenvalue weighted by Gasteiger charge is -2.07. The van der Waals surface area contributed by atoms with Crippen molar-refractivity contribution in [2.75, 3.05) is 7.11 Å². The summed E-state index contributed by atoms with van der Waals surface area (Å²) in [7, 11) is 3.56. The number of hydrogen-bond donors (Lipinski definition) is 1. The second kappa shape index (κ2) is 8.57. The highest BCUT2D eigenvalue weighted by Crippen LogP contribution is 2.24. The van der Waals surface area contributed by atoms with Gasteiger partial charge in [0.2, 0.25) is 0 Å². The highest BCUT2D eigenvalue weighted by Gasteiger charge is 2.12. The molecule has 0 unspecified atom stereocenters. The number of methoxy groups -OCH3 is 1. The van der Waals surface area contributed by atoms with Crippen molar-refractivity contribution in [1.29, 1.82) is 0 Å². The number of ether oxygens (including phenoxy) is 1. The van der Waals surface area contributed by atoms with Crippen LogP contribution in [0.1, 0.15) is 16.7 Å². The van der Waals surface area contributed by atoms with Crippen LogP contribution in [0.3, 0.4) is 0 Å². The van der Waals surface area contributed by atoms with Crippen molar-refractivity contribution in [2.24, 2.45) is 7.05 Å². The van der Waals surface area contributed by atoms with Gasteiger partial charge in [-0.05, 0) is 23.3 Å². The molecule has 140 valence electrons. The van der Waals surface area contributed by atoms with Gasteiger partial charge < -0.3 is 10.1 Å². The molecule has 7 nitrogen and oxygen atoms in total. The molecule has 3 aromatic rings. The topological polar surface area (TPSA) is 82.2 Å². The van der Waals surface area contributed by atoms with Crippen molar-refractivity contribution < 1.29 is 9.66 Å². The van der Waals surface area contributed by atoms with Crippen LogP contribution in [0.4, 0.5) is 5.69 Å². The summed E-state index contributed by atoms with van der Waals surface area (Å²) < 4.78 is 6.93. The summed E-state index contributed by atoms with van der Waals surface area (Å²) >= 11 is 0. The lowest BCUT2D eigenvalue weighted by molar-refractivity contribution is -0.384. The maximum atomic E-state index is 10.8. The number of hydrogen-bond acceptors (Lipinski definition) is 5. The minimum absolute atomic E-state index is 0.0743. The molecule has 0 aliphatic carbocycles. The van der Waals surface area contributed by atoms with Crippen molar-refractivity contribution in [3.05, 3.63) is 81.5 Å². The Morgan fingerprint density at radius 2 is 1.89 bits per heavy atom. The first kappa shape index (κ1) is 18.8. The molecular weight excluding hydrogens is 344 g/mol. The van der Waals surface area contributed by atoms with Gasteiger partial charge in [0.05, 0.1) is 17.2 Å². The molecule has 0 saturated carbocycles. The molecule has 0 bridgehead atoms. The molecule has 1 aromatic heterocycles. The SMILES string of the molecule is COCc1cccc(CNCc2cn(C)nc2-c2ccc([N+](=O)[O-])cc2)c1. The summed E-state index contributed by atoms with van der Waals surface area (Å²) in [5, 5.41) is 18.8. The van der Waals surface area contributed by atoms with Gasteiger partial charge in [-0.15, -0.1) is 0 Å². The molecule has 2 aromatic carbocycles. The van der Waals surface area contributed by atoms with Gasteiger partial charge in [-0.3, -0.25) is 14.8 Å². The molecule has 0 saturated heterocycles. The van der Waals surface area contributed by atoms with Gasteiger partial charge in [0.1, 0.15) is 0 Å². The third-order valence-electron chi connectivity index (χ3n) is 4.20. The third kappa shape index (κ3) is 4.78. The van der Waals surface area contributed by atoms with Gasteiger partial charge in [-0.1, -0.05) is 24.3 Å². The molecule has 0 amide bonds. The van der Waals surface area contributed by atoms with Crippen LogP contribution in [-0.4, -0.2) is 21.8 Å². The summed E-state index contributed by atoms with van der Waals surface area (Å²) in [6.45, 7) is 1.97. The average molecular weight is 366 g/mol. The van der Waals surface area contributed by atoms with Gasteiger partial charge in [-0.2, -0.15) is 5.10 Å². The highest BCUT2D eigenvalue weighted by atomic mass is 16.6. The van der Waals surface area contributed by atoms with E-state index in [-0.39, 0.29) is 5.69 Å². The minimum atomic E-state index is -0.400. The zero-order valence-corrected chi connectivity index (χ0v) is 15.4. The van der Waals surface area contributed by atoms with Crippen LogP contribution in [0.15, 0.2) is 54.7 Å². The first-order valence-corrected chi connectivity index (χ1v) is 8.61. The van der Waals surface area contributed by atoms with Crippen molar-refractivity contribution in [3.8, 4) is 11.3 Å². The Kier molecular flexibility index (Phi) is 5.95. The maximum Gasteiger partial charge on any atom is 0.269 e. The van der Waals surface area contributed by atoms with E-state index in [9.17, 15) is 10.1 Å². The molecule has 0 spiro atoms. The Balaban J connectivity index is 1.69. The fraction of sp³-hybridized carbons (Fsp3) is 0.250. The largest absolute Gasteiger partial charge is 0.380 e. The summed E-state index contributed by atoms with van der Waals surface area (Å²) in [4.78, 5) is 10.4. The molecule has 0 atom stereocenters. The van der Waals surface area contributed by atoms with Gasteiger partial charge in [-0.25, -0.2) is 0 Å². The first-order valence-electron chi connectivity index (χ1n) is 8.61. The fourth-order valence-corrected chi connectivity index (χ4v) is 2.99. The van der Waals surface area contributed by atoms with E-state index in [1.165, 1.54) is 17.7 Å². The Bertz CT molecular complexity index is 919. The van der Waals surface area contributed by atoms with Crippen LogP contribution < -0.4 is 5.32 Å². The number of nitro benzene ring substituents is 1. The van der Waals surface area contributed by atoms with E-state index >= 15 is 0 Å². The number of aromatic nitrogens is 2. The summed E-state index contributed by atoms with van der Waals surface area (Å²) in [6, 6.07) is 14.7. The zero-order valence-electron chi connectivity index (χ0n) is 15.4. The van der Waals surface area contributed by atoms with Crippen LogP contribution in [0.25, 0.3) is 11.3 Å². The quantitative estimate of drug-likeness (QED) is 0.488. The Labute approximate surface area is 157 Å². The zero-order chi connectivity index (χ0) is 19.2. The van der Waals surface area contributed by atoms with E-state index in [1.54, 1.807) is 23.9 Å². The summed E-state index contributed by atoms with van der Waals surface area (Å²) in [5.41, 5.74) is 5.13. The van der Waals surface area contributed by atoms with Crippen LogP contribution in [0, 0.1) is 10.1 Å². The summed E-state index contributed by atoms with van der Waals surface area (Å²) in [5.74, 6) is 0. The standard InChI is InChI=1S/C20H22N4O3/c1-23-13-18(12-21-11-15-4-3-5-16(10-15)14-27-2)20(22-23)17-6-8-19(9-7-17)24(25)26/h3-10,13,21H,11-12,14H2,1-2H3. The summed E-state index contributed by atoms with van der Waals surface area (Å²) in [6.07, 6.45) is 1.96. The Morgan fingerprint density at radius 1 is 1.15 bits per heavy atom. The number of rotatable bonds is 8. The fourth-order valence-electron chi connectivity index (χ4n) is 2.99. The number of nitrogens with zero attached hydrogens (tertiary/aromatic N) is 3. The number of aryl methyl sites for hydroxylation is 1. The monoisotopic (exact) mass is 366 g/mol. The van der Waals surface area contributed by atoms with E-state index in [0.29, 0.717) is 13.2 Å². The van der Waals surface area contributed by atoms with Gasteiger partial charge in [0.25, 0.3) is 5.69 Å². The normalized spacial score (nSPS) is 10.9. The molecule has 1 heterocycles. The minimum Gasteiger partial charge on any atom is -0.380 e. The highest BCUT2D eigenvalue weighted by molar-refractivity contribution is 5.64. The maximum absolute atomic E-state index is 10.8. The van der Waals surface area contributed by atoms with Crippen LogP contribution in [-0.2, 0) is 31.5 Å². The molecule has 0 aliphatic heterocycles. The van der Waals surface area contributed by atoms with Crippen molar-refractivity contribution in [1.82, 2.24) is 15.1 Å². The number of nitrogens with one attached hydrogen (secondary N) is 1. The molecule has 0 fully saturated rings. The number of benzene rings is 2. The molecular formula is C20H22N4O3. The second-order valence-corrected chi connectivity index (χ2v) is 6.34. The molecule has 27 heavy (non-hydrogen) atoms. The van der Waals surface area contributed by atoms with E-state index in [0.717, 1.165) is 28.9 Å². The van der Waals surface area contributed by atoms with Gasteiger partial charge in [0, 0.05) is 56.7 Å². The van der Waals surface area contributed by atoms with Crippen LogP contribution >= 0.6 is 0 Å². The number of non-ortho nitro benzene ring substituents is 1. The molecule has 0 radical (unpaired) electrons. The lowest BCUT2D eigenvalue weighted by atomic mass is 10.1. The molecule has 7 heteroatoms.